The first kappa shape index (κ1) is 12.1. The van der Waals surface area contributed by atoms with Crippen LogP contribution < -0.4 is 5.32 Å². The minimum absolute atomic E-state index is 0.227. The Balaban J connectivity index is 2.38. The summed E-state index contributed by atoms with van der Waals surface area (Å²) in [5.74, 6) is 0. The normalized spacial score (nSPS) is 14.9. The predicted octanol–water partition coefficient (Wildman–Crippen LogP) is 1.55. The fourth-order valence-corrected chi connectivity index (χ4v) is 1.42. The third-order valence-corrected chi connectivity index (χ3v) is 2.32. The van der Waals surface area contributed by atoms with Crippen LogP contribution in [0.4, 0.5) is 0 Å². The van der Waals surface area contributed by atoms with Crippen LogP contribution in [0, 0.1) is 0 Å². The van der Waals surface area contributed by atoms with Crippen molar-refractivity contribution >= 4 is 0 Å². The van der Waals surface area contributed by atoms with E-state index in [0.717, 1.165) is 18.7 Å². The summed E-state index contributed by atoms with van der Waals surface area (Å²) in [4.78, 5) is 8.30. The Kier molecular flexibility index (Phi) is 5.21. The molecule has 0 aliphatic rings. The molecule has 0 fully saturated rings. The van der Waals surface area contributed by atoms with Gasteiger partial charge in [-0.05, 0) is 20.3 Å². The highest BCUT2D eigenvalue weighted by molar-refractivity contribution is 5.00. The van der Waals surface area contributed by atoms with E-state index in [1.165, 1.54) is 0 Å². The molecule has 0 spiro atoms. The van der Waals surface area contributed by atoms with Gasteiger partial charge in [-0.1, -0.05) is 0 Å². The maximum Gasteiger partial charge on any atom is 0.0753 e. The Morgan fingerprint density at radius 1 is 1.40 bits per heavy atom. The smallest absolute Gasteiger partial charge is 0.0753 e. The van der Waals surface area contributed by atoms with Crippen LogP contribution in [-0.4, -0.2) is 29.7 Å². The monoisotopic (exact) mass is 209 g/mol. The molecule has 15 heavy (non-hydrogen) atoms. The molecule has 0 saturated heterocycles. The number of rotatable bonds is 6. The Morgan fingerprint density at radius 2 is 2.20 bits per heavy atom. The van der Waals surface area contributed by atoms with Gasteiger partial charge in [0.1, 0.15) is 0 Å². The van der Waals surface area contributed by atoms with Crippen molar-refractivity contribution in [1.29, 1.82) is 0 Å². The highest BCUT2D eigenvalue weighted by Gasteiger charge is 2.09. The Labute approximate surface area is 91.1 Å². The second-order valence-electron chi connectivity index (χ2n) is 3.70. The van der Waals surface area contributed by atoms with E-state index in [1.54, 1.807) is 25.7 Å². The zero-order chi connectivity index (χ0) is 11.1. The highest BCUT2D eigenvalue weighted by atomic mass is 16.5. The standard InChI is InChI=1S/C11H19N3O/c1-9(4-7-15-3)14-10(2)11-8-12-5-6-13-11/h5-6,8-10,14H,4,7H2,1-3H3. The molecule has 4 nitrogen and oxygen atoms in total. The summed E-state index contributed by atoms with van der Waals surface area (Å²) >= 11 is 0. The number of hydrogen-bond donors (Lipinski definition) is 1. The third kappa shape index (κ3) is 4.36. The summed E-state index contributed by atoms with van der Waals surface area (Å²) in [5.41, 5.74) is 0.974. The lowest BCUT2D eigenvalue weighted by Crippen LogP contribution is -2.30. The number of ether oxygens (including phenoxy) is 1. The van der Waals surface area contributed by atoms with Gasteiger partial charge in [0.25, 0.3) is 0 Å². The van der Waals surface area contributed by atoms with Gasteiger partial charge in [0, 0.05) is 44.4 Å². The molecule has 0 saturated carbocycles. The van der Waals surface area contributed by atoms with Crippen molar-refractivity contribution in [2.24, 2.45) is 0 Å². The molecule has 0 aliphatic heterocycles. The minimum atomic E-state index is 0.227. The van der Waals surface area contributed by atoms with Gasteiger partial charge < -0.3 is 10.1 Å². The van der Waals surface area contributed by atoms with Crippen LogP contribution in [0.1, 0.15) is 32.0 Å². The second-order valence-corrected chi connectivity index (χ2v) is 3.70. The molecular formula is C11H19N3O. The fraction of sp³-hybridized carbons (Fsp3) is 0.636. The Bertz CT molecular complexity index is 266. The van der Waals surface area contributed by atoms with Gasteiger partial charge in [0.05, 0.1) is 5.69 Å². The number of hydrogen-bond acceptors (Lipinski definition) is 4. The number of nitrogens with zero attached hydrogens (tertiary/aromatic N) is 2. The molecule has 0 aliphatic carbocycles. The zero-order valence-electron chi connectivity index (χ0n) is 9.60. The van der Waals surface area contributed by atoms with Gasteiger partial charge in [0.2, 0.25) is 0 Å². The van der Waals surface area contributed by atoms with E-state index in [9.17, 15) is 0 Å². The largest absolute Gasteiger partial charge is 0.385 e. The van der Waals surface area contributed by atoms with Crippen molar-refractivity contribution in [3.8, 4) is 0 Å². The maximum absolute atomic E-state index is 5.03. The summed E-state index contributed by atoms with van der Waals surface area (Å²) in [6, 6.07) is 0.646. The van der Waals surface area contributed by atoms with Gasteiger partial charge in [-0.2, -0.15) is 0 Å². The Hall–Kier alpha value is -1.00. The quantitative estimate of drug-likeness (QED) is 0.772. The summed E-state index contributed by atoms with van der Waals surface area (Å²) in [7, 11) is 1.72. The molecule has 2 unspecified atom stereocenters. The lowest BCUT2D eigenvalue weighted by Gasteiger charge is -2.18. The molecule has 0 amide bonds. The SMILES string of the molecule is COCCC(C)NC(C)c1cnccn1. The average Bonchev–Trinajstić information content (AvgIpc) is 2.27. The van der Waals surface area contributed by atoms with Crippen LogP contribution in [0.25, 0.3) is 0 Å². The molecule has 1 N–H and O–H groups in total. The fourth-order valence-electron chi connectivity index (χ4n) is 1.42. The van der Waals surface area contributed by atoms with Crippen molar-refractivity contribution < 1.29 is 4.74 Å². The summed E-state index contributed by atoms with van der Waals surface area (Å²) in [6.45, 7) is 5.01. The Morgan fingerprint density at radius 3 is 2.80 bits per heavy atom. The number of nitrogens with one attached hydrogen (secondary N) is 1. The molecule has 1 aromatic rings. The molecule has 0 aromatic carbocycles. The van der Waals surface area contributed by atoms with Crippen LogP contribution in [0.5, 0.6) is 0 Å². The van der Waals surface area contributed by atoms with Gasteiger partial charge in [-0.15, -0.1) is 0 Å². The van der Waals surface area contributed by atoms with Crippen LogP contribution in [0.2, 0.25) is 0 Å². The van der Waals surface area contributed by atoms with Gasteiger partial charge >= 0.3 is 0 Å². The van der Waals surface area contributed by atoms with E-state index >= 15 is 0 Å². The first-order chi connectivity index (χ1) is 7.24. The summed E-state index contributed by atoms with van der Waals surface area (Å²) in [5, 5.41) is 3.45. The molecule has 1 rings (SSSR count). The van der Waals surface area contributed by atoms with Gasteiger partial charge in [-0.25, -0.2) is 0 Å². The summed E-state index contributed by atoms with van der Waals surface area (Å²) in [6.07, 6.45) is 6.19. The molecule has 84 valence electrons. The number of aromatic nitrogens is 2. The molecule has 0 bridgehead atoms. The molecule has 4 heteroatoms. The second kappa shape index (κ2) is 6.48. The lowest BCUT2D eigenvalue weighted by molar-refractivity contribution is 0.183. The van der Waals surface area contributed by atoms with Crippen molar-refractivity contribution in [2.45, 2.75) is 32.4 Å². The van der Waals surface area contributed by atoms with Crippen LogP contribution in [0.15, 0.2) is 18.6 Å². The average molecular weight is 209 g/mol. The van der Waals surface area contributed by atoms with Crippen molar-refractivity contribution in [2.75, 3.05) is 13.7 Å². The van der Waals surface area contributed by atoms with E-state index in [0.29, 0.717) is 6.04 Å². The topological polar surface area (TPSA) is 47.0 Å². The van der Waals surface area contributed by atoms with E-state index in [1.807, 2.05) is 0 Å². The molecule has 0 radical (unpaired) electrons. The summed E-state index contributed by atoms with van der Waals surface area (Å²) < 4.78 is 5.03. The van der Waals surface area contributed by atoms with E-state index < -0.39 is 0 Å². The first-order valence-electron chi connectivity index (χ1n) is 5.25. The molecule has 2 atom stereocenters. The van der Waals surface area contributed by atoms with Crippen LogP contribution in [-0.2, 0) is 4.74 Å². The van der Waals surface area contributed by atoms with Crippen LogP contribution in [0.3, 0.4) is 0 Å². The molecular weight excluding hydrogens is 190 g/mol. The highest BCUT2D eigenvalue weighted by Crippen LogP contribution is 2.08. The van der Waals surface area contributed by atoms with Gasteiger partial charge in [-0.3, -0.25) is 9.97 Å². The minimum Gasteiger partial charge on any atom is -0.385 e. The zero-order valence-corrected chi connectivity index (χ0v) is 9.60. The third-order valence-electron chi connectivity index (χ3n) is 2.32. The molecule has 1 aromatic heterocycles. The van der Waals surface area contributed by atoms with Crippen molar-refractivity contribution in [3.05, 3.63) is 24.3 Å². The van der Waals surface area contributed by atoms with Crippen molar-refractivity contribution in [1.82, 2.24) is 15.3 Å². The lowest BCUT2D eigenvalue weighted by atomic mass is 10.2. The number of methoxy groups -OCH3 is 1. The van der Waals surface area contributed by atoms with Crippen LogP contribution >= 0.6 is 0 Å². The molecule has 1 heterocycles. The predicted molar refractivity (Wildman–Crippen MR) is 59.5 cm³/mol. The maximum atomic E-state index is 5.03. The van der Waals surface area contributed by atoms with Crippen molar-refractivity contribution in [3.63, 3.8) is 0 Å². The van der Waals surface area contributed by atoms with E-state index in [-0.39, 0.29) is 6.04 Å². The first-order valence-corrected chi connectivity index (χ1v) is 5.25. The van der Waals surface area contributed by atoms with E-state index in [2.05, 4.69) is 29.1 Å². The van der Waals surface area contributed by atoms with Gasteiger partial charge in [0.15, 0.2) is 0 Å². The van der Waals surface area contributed by atoms with E-state index in [4.69, 9.17) is 4.74 Å².